The number of hydrogen-bond acceptors (Lipinski definition) is 8. The largest absolute Gasteiger partial charge is 0.387 e. The van der Waals surface area contributed by atoms with E-state index in [2.05, 4.69) is 9.98 Å². The van der Waals surface area contributed by atoms with Gasteiger partial charge >= 0.3 is 0 Å². The number of hydrogen-bond donors (Lipinski definition) is 3. The van der Waals surface area contributed by atoms with E-state index < -0.39 is 36.4 Å². The van der Waals surface area contributed by atoms with Gasteiger partial charge in [0.2, 0.25) is 0 Å². The summed E-state index contributed by atoms with van der Waals surface area (Å²) in [5, 5.41) is 33.5. The first-order valence-corrected chi connectivity index (χ1v) is 15.0. The molecule has 1 fully saturated rings. The molecule has 0 saturated carbocycles. The van der Waals surface area contributed by atoms with Crippen LogP contribution >= 0.6 is 0 Å². The molecule has 0 radical (unpaired) electrons. The Labute approximate surface area is 261 Å². The Kier molecular flexibility index (Phi) is 8.01. The average molecular weight is 603 g/mol. The number of ether oxygens (including phenoxy) is 2. The van der Waals surface area contributed by atoms with Crippen molar-refractivity contribution in [2.24, 2.45) is 4.99 Å². The van der Waals surface area contributed by atoms with Crippen LogP contribution in [0.3, 0.4) is 0 Å². The highest BCUT2D eigenvalue weighted by Crippen LogP contribution is 2.43. The van der Waals surface area contributed by atoms with Crippen LogP contribution in [0, 0.1) is 0 Å². The minimum atomic E-state index is -1.29. The molecule has 0 spiro atoms. The molecule has 1 unspecified atom stereocenters. The number of benzene rings is 4. The van der Waals surface area contributed by atoms with Crippen LogP contribution in [0.15, 0.2) is 133 Å². The third-order valence-electron chi connectivity index (χ3n) is 8.51. The van der Waals surface area contributed by atoms with E-state index in [-0.39, 0.29) is 6.61 Å². The number of aliphatic imine (C=N–C) groups is 1. The van der Waals surface area contributed by atoms with Crippen molar-refractivity contribution < 1.29 is 24.8 Å². The third kappa shape index (κ3) is 5.35. The molecular formula is C36H34N4O5. The summed E-state index contributed by atoms with van der Waals surface area (Å²) in [6.45, 7) is 0.422. The van der Waals surface area contributed by atoms with Gasteiger partial charge in [0.1, 0.15) is 29.6 Å². The zero-order valence-electron chi connectivity index (χ0n) is 24.4. The molecule has 7 rings (SSSR count). The molecule has 5 atom stereocenters. The van der Waals surface area contributed by atoms with E-state index in [1.807, 2.05) is 121 Å². The summed E-state index contributed by atoms with van der Waals surface area (Å²) in [7, 11) is 0. The van der Waals surface area contributed by atoms with Gasteiger partial charge in [0, 0.05) is 6.54 Å². The Morgan fingerprint density at radius 3 is 1.80 bits per heavy atom. The van der Waals surface area contributed by atoms with Crippen molar-refractivity contribution in [3.8, 4) is 0 Å². The van der Waals surface area contributed by atoms with Crippen molar-refractivity contribution in [3.63, 3.8) is 0 Å². The van der Waals surface area contributed by atoms with Gasteiger partial charge in [-0.1, -0.05) is 121 Å². The molecule has 4 aromatic carbocycles. The molecule has 3 N–H and O–H groups in total. The van der Waals surface area contributed by atoms with Crippen molar-refractivity contribution in [1.82, 2.24) is 14.5 Å². The zero-order chi connectivity index (χ0) is 30.8. The van der Waals surface area contributed by atoms with Crippen molar-refractivity contribution in [2.45, 2.75) is 42.9 Å². The van der Waals surface area contributed by atoms with Gasteiger partial charge in [0.05, 0.1) is 19.3 Å². The van der Waals surface area contributed by atoms with Crippen molar-refractivity contribution in [3.05, 3.63) is 156 Å². The van der Waals surface area contributed by atoms with E-state index in [9.17, 15) is 15.3 Å². The number of aliphatic hydroxyl groups is 3. The first kappa shape index (κ1) is 29.1. The van der Waals surface area contributed by atoms with Crippen LogP contribution in [-0.2, 0) is 21.6 Å². The number of nitrogens with zero attached hydrogens (tertiary/aromatic N) is 4. The predicted octanol–water partition coefficient (Wildman–Crippen LogP) is 4.68. The molecule has 2 aliphatic heterocycles. The van der Waals surface area contributed by atoms with Gasteiger partial charge in [-0.25, -0.2) is 9.98 Å². The van der Waals surface area contributed by atoms with Crippen LogP contribution in [0.1, 0.15) is 40.4 Å². The van der Waals surface area contributed by atoms with Crippen molar-refractivity contribution in [1.29, 1.82) is 0 Å². The quantitative estimate of drug-likeness (QED) is 0.210. The number of aromatic nitrogens is 2. The second-order valence-electron chi connectivity index (χ2n) is 11.3. The first-order valence-electron chi connectivity index (χ1n) is 15.0. The fourth-order valence-corrected chi connectivity index (χ4v) is 6.21. The maximum Gasteiger partial charge on any atom is 0.175 e. The minimum Gasteiger partial charge on any atom is -0.387 e. The van der Waals surface area contributed by atoms with Gasteiger partial charge in [-0.3, -0.25) is 4.57 Å². The number of rotatable bonds is 9. The Hall–Kier alpha value is -4.64. The fourth-order valence-electron chi connectivity index (χ4n) is 6.21. The summed E-state index contributed by atoms with van der Waals surface area (Å²) in [4.78, 5) is 10.7. The Bertz CT molecular complexity index is 1640. The van der Waals surface area contributed by atoms with Crippen LogP contribution in [0.25, 0.3) is 0 Å². The fraction of sp³-hybridized carbons (Fsp3) is 0.222. The van der Waals surface area contributed by atoms with Gasteiger partial charge in [-0.15, -0.1) is 0 Å². The Morgan fingerprint density at radius 1 is 0.711 bits per heavy atom. The highest BCUT2D eigenvalue weighted by atomic mass is 16.6. The van der Waals surface area contributed by atoms with Crippen molar-refractivity contribution >= 4 is 12.2 Å². The first-order chi connectivity index (χ1) is 22.1. The number of fused-ring (bicyclic) bond motifs is 1. The van der Waals surface area contributed by atoms with E-state index in [0.29, 0.717) is 18.1 Å². The van der Waals surface area contributed by atoms with Gasteiger partial charge < -0.3 is 29.7 Å². The predicted molar refractivity (Wildman–Crippen MR) is 168 cm³/mol. The smallest absolute Gasteiger partial charge is 0.175 e. The molecule has 2 aliphatic rings. The lowest BCUT2D eigenvalue weighted by Crippen LogP contribution is -2.39. The molecule has 45 heavy (non-hydrogen) atoms. The lowest BCUT2D eigenvalue weighted by molar-refractivity contribution is -0.0946. The van der Waals surface area contributed by atoms with Crippen LogP contribution in [0.2, 0.25) is 0 Å². The summed E-state index contributed by atoms with van der Waals surface area (Å²) in [6, 6.07) is 39.6. The molecular weight excluding hydrogens is 568 g/mol. The lowest BCUT2D eigenvalue weighted by atomic mass is 9.80. The van der Waals surface area contributed by atoms with Crippen molar-refractivity contribution in [2.75, 3.05) is 6.61 Å². The topological polar surface area (TPSA) is 113 Å². The summed E-state index contributed by atoms with van der Waals surface area (Å²) in [5.74, 6) is 0.358. The second-order valence-corrected chi connectivity index (χ2v) is 11.3. The molecule has 0 amide bonds. The monoisotopic (exact) mass is 602 g/mol. The van der Waals surface area contributed by atoms with Crippen LogP contribution in [0.4, 0.5) is 5.82 Å². The van der Waals surface area contributed by atoms with E-state index >= 15 is 0 Å². The SMILES string of the molecule is OC1c2ncn([C@@H]3O[C@H](COC(c4ccccc4)(c4ccccc4)c4ccccc4)[C@@H](O)[C@H]3O)c2N=CN1Cc1ccccc1. The van der Waals surface area contributed by atoms with Gasteiger partial charge in [0.25, 0.3) is 0 Å². The van der Waals surface area contributed by atoms with Crippen LogP contribution < -0.4 is 0 Å². The maximum absolute atomic E-state index is 11.2. The third-order valence-corrected chi connectivity index (χ3v) is 8.51. The van der Waals surface area contributed by atoms with E-state index in [1.54, 1.807) is 15.8 Å². The molecule has 3 heterocycles. The summed E-state index contributed by atoms with van der Waals surface area (Å²) < 4.78 is 14.7. The summed E-state index contributed by atoms with van der Waals surface area (Å²) in [6.07, 6.45) is -2.40. The maximum atomic E-state index is 11.2. The highest BCUT2D eigenvalue weighted by molar-refractivity contribution is 5.65. The van der Waals surface area contributed by atoms with E-state index in [1.165, 1.54) is 6.33 Å². The number of aliphatic hydroxyl groups excluding tert-OH is 3. The Morgan fingerprint density at radius 2 is 1.24 bits per heavy atom. The molecule has 0 aliphatic carbocycles. The lowest BCUT2D eigenvalue weighted by Gasteiger charge is -2.37. The number of imidazole rings is 1. The molecule has 0 bridgehead atoms. The molecule has 1 saturated heterocycles. The normalized spacial score (nSPS) is 22.8. The molecule has 5 aromatic rings. The van der Waals surface area contributed by atoms with Gasteiger partial charge in [0.15, 0.2) is 18.3 Å². The highest BCUT2D eigenvalue weighted by Gasteiger charge is 2.47. The van der Waals surface area contributed by atoms with Gasteiger partial charge in [-0.05, 0) is 22.3 Å². The van der Waals surface area contributed by atoms with Gasteiger partial charge in [-0.2, -0.15) is 0 Å². The molecule has 1 aromatic heterocycles. The van der Waals surface area contributed by atoms with E-state index in [4.69, 9.17) is 9.47 Å². The minimum absolute atomic E-state index is 0.0267. The second kappa shape index (κ2) is 12.4. The van der Waals surface area contributed by atoms with Crippen LogP contribution in [0.5, 0.6) is 0 Å². The summed E-state index contributed by atoms with van der Waals surface area (Å²) in [5.41, 5.74) is 3.09. The molecule has 9 nitrogen and oxygen atoms in total. The average Bonchev–Trinajstić information content (AvgIpc) is 3.65. The Balaban J connectivity index is 1.16. The van der Waals surface area contributed by atoms with Crippen LogP contribution in [-0.4, -0.2) is 61.0 Å². The zero-order valence-corrected chi connectivity index (χ0v) is 24.4. The van der Waals surface area contributed by atoms with E-state index in [0.717, 1.165) is 22.3 Å². The summed E-state index contributed by atoms with van der Waals surface area (Å²) >= 11 is 0. The molecule has 9 heteroatoms. The standard InChI is InChI=1S/C36H34N4O5/c41-31-29(22-44-36(26-15-7-2-8-16-26,27-17-9-3-10-18-27)28-19-11-4-12-20-28)45-35(32(31)42)40-24-37-30-33(40)38-23-39(34(30)43)21-25-13-5-1-6-14-25/h1-20,23-24,29,31-32,34-35,41-43H,21-22H2/t29-,31-,32-,34?,35-/m1/s1. The molecule has 228 valence electrons.